The summed E-state index contributed by atoms with van der Waals surface area (Å²) in [5.74, 6) is 0. The Kier molecular flexibility index (Phi) is 43.3. The maximum absolute atomic E-state index is 13.8. The van der Waals surface area contributed by atoms with E-state index in [1.54, 1.807) is 0 Å². The van der Waals surface area contributed by atoms with E-state index < -0.39 is 14.5 Å². The van der Waals surface area contributed by atoms with Crippen LogP contribution < -0.4 is 0 Å². The molecule has 0 aliphatic heterocycles. The fourth-order valence-corrected chi connectivity index (χ4v) is 17.1. The van der Waals surface area contributed by atoms with E-state index in [2.05, 4.69) is 41.5 Å². The lowest BCUT2D eigenvalue weighted by molar-refractivity contribution is 0.0806. The number of hydrogen-bond donors (Lipinski definition) is 0. The standard InChI is InChI=1S/C51H106O3P2/c1-7-13-19-25-31-37-43-55(44-38-32-26-20-14-8-2,45-39-33-27-21-15-9-3)49-53-51(52)54-50-56(46-40-34-28-22-16-10-4,47-41-35-29-23-17-11-5)48-42-36-30-24-18-12-6/h7-50H2,1-6H3/q+2. The summed E-state index contributed by atoms with van der Waals surface area (Å²) >= 11 is 0. The number of rotatable bonds is 46. The second-order valence-electron chi connectivity index (χ2n) is 18.4. The third-order valence-electron chi connectivity index (χ3n) is 12.8. The van der Waals surface area contributed by atoms with Crippen molar-refractivity contribution in [1.82, 2.24) is 0 Å². The first-order valence-corrected chi connectivity index (χ1v) is 31.0. The topological polar surface area (TPSA) is 35.5 Å². The van der Waals surface area contributed by atoms with Gasteiger partial charge in [-0.3, -0.25) is 0 Å². The fraction of sp³-hybridized carbons (Fsp3) is 0.980. The van der Waals surface area contributed by atoms with E-state index in [-0.39, 0.29) is 6.16 Å². The molecule has 0 atom stereocenters. The summed E-state index contributed by atoms with van der Waals surface area (Å²) in [7, 11) is -2.78. The highest BCUT2D eigenvalue weighted by Crippen LogP contribution is 2.62. The summed E-state index contributed by atoms with van der Waals surface area (Å²) in [5, 5.41) is 0. The maximum Gasteiger partial charge on any atom is 0.514 e. The molecule has 0 rings (SSSR count). The molecule has 0 aliphatic rings. The first-order chi connectivity index (χ1) is 27.5. The van der Waals surface area contributed by atoms with Gasteiger partial charge in [-0.05, 0) is 77.0 Å². The number of carbonyl (C=O) groups is 1. The lowest BCUT2D eigenvalue weighted by atomic mass is 10.1. The monoisotopic (exact) mass is 829 g/mol. The first kappa shape index (κ1) is 56.1. The largest absolute Gasteiger partial charge is 0.514 e. The van der Waals surface area contributed by atoms with Crippen molar-refractivity contribution in [1.29, 1.82) is 0 Å². The van der Waals surface area contributed by atoms with E-state index in [1.165, 1.54) is 268 Å². The Hall–Kier alpha value is 0.130. The summed E-state index contributed by atoms with van der Waals surface area (Å²) in [6.07, 6.45) is 57.5. The fourth-order valence-electron chi connectivity index (χ4n) is 8.84. The molecule has 0 aromatic heterocycles. The Morgan fingerprint density at radius 3 is 0.607 bits per heavy atom. The smallest absolute Gasteiger partial charge is 0.399 e. The van der Waals surface area contributed by atoms with Crippen LogP contribution in [-0.4, -0.2) is 55.8 Å². The van der Waals surface area contributed by atoms with E-state index in [1.807, 2.05) is 0 Å². The molecule has 0 amide bonds. The van der Waals surface area contributed by atoms with Crippen LogP contribution in [-0.2, 0) is 9.47 Å². The molecular formula is C51H106O3P2+2. The highest BCUT2D eigenvalue weighted by Gasteiger charge is 2.40. The van der Waals surface area contributed by atoms with E-state index in [4.69, 9.17) is 9.47 Å². The Morgan fingerprint density at radius 2 is 0.429 bits per heavy atom. The summed E-state index contributed by atoms with van der Waals surface area (Å²) in [4.78, 5) is 13.8. The van der Waals surface area contributed by atoms with Gasteiger partial charge < -0.3 is 9.47 Å². The number of hydrogen-bond acceptors (Lipinski definition) is 3. The summed E-state index contributed by atoms with van der Waals surface area (Å²) in [6.45, 7) is 13.9. The summed E-state index contributed by atoms with van der Waals surface area (Å²) in [6, 6.07) is 0. The zero-order chi connectivity index (χ0) is 41.1. The molecule has 0 radical (unpaired) electrons. The van der Waals surface area contributed by atoms with Gasteiger partial charge in [0, 0.05) is 0 Å². The average molecular weight is 829 g/mol. The van der Waals surface area contributed by atoms with Gasteiger partial charge in [-0.1, -0.05) is 196 Å². The number of unbranched alkanes of at least 4 members (excludes halogenated alkanes) is 30. The molecule has 336 valence electrons. The van der Waals surface area contributed by atoms with Gasteiger partial charge in [0.15, 0.2) is 0 Å². The Labute approximate surface area is 356 Å². The third kappa shape index (κ3) is 34.9. The zero-order valence-corrected chi connectivity index (χ0v) is 41.5. The molecule has 0 bridgehead atoms. The van der Waals surface area contributed by atoms with Crippen LogP contribution in [0.1, 0.15) is 273 Å². The van der Waals surface area contributed by atoms with Gasteiger partial charge in [0.2, 0.25) is 12.7 Å². The van der Waals surface area contributed by atoms with E-state index in [9.17, 15) is 4.79 Å². The van der Waals surface area contributed by atoms with Crippen LogP contribution in [0.25, 0.3) is 0 Å². The summed E-state index contributed by atoms with van der Waals surface area (Å²) < 4.78 is 12.8. The Morgan fingerprint density at radius 1 is 0.268 bits per heavy atom. The number of ether oxygens (including phenoxy) is 2. The van der Waals surface area contributed by atoms with E-state index in [0.29, 0.717) is 12.7 Å². The SMILES string of the molecule is CCCCCCCC[P+](CCCCCCCC)(CCCCCCCC)COC(=O)OC[P+](CCCCCCCC)(CCCCCCCC)CCCCCCCC. The van der Waals surface area contributed by atoms with Crippen LogP contribution >= 0.6 is 14.5 Å². The quantitative estimate of drug-likeness (QED) is 0.0348. The zero-order valence-electron chi connectivity index (χ0n) is 39.7. The second kappa shape index (κ2) is 43.2. The predicted molar refractivity (Wildman–Crippen MR) is 261 cm³/mol. The maximum atomic E-state index is 13.8. The highest BCUT2D eigenvalue weighted by atomic mass is 31.2. The highest BCUT2D eigenvalue weighted by molar-refractivity contribution is 7.76. The van der Waals surface area contributed by atoms with Crippen LogP contribution in [0.2, 0.25) is 0 Å². The normalized spacial score (nSPS) is 12.1. The molecule has 0 saturated carbocycles. The van der Waals surface area contributed by atoms with Crippen molar-refractivity contribution in [2.75, 3.05) is 49.7 Å². The minimum absolute atomic E-state index is 0.318. The van der Waals surface area contributed by atoms with Crippen molar-refractivity contribution in [2.24, 2.45) is 0 Å². The molecule has 0 aliphatic carbocycles. The lowest BCUT2D eigenvalue weighted by Gasteiger charge is -2.29. The molecule has 0 saturated heterocycles. The van der Waals surface area contributed by atoms with E-state index >= 15 is 0 Å². The second-order valence-corrected chi connectivity index (χ2v) is 27.0. The molecule has 0 spiro atoms. The molecule has 0 unspecified atom stereocenters. The van der Waals surface area contributed by atoms with E-state index in [0.717, 1.165) is 0 Å². The lowest BCUT2D eigenvalue weighted by Crippen LogP contribution is -2.21. The van der Waals surface area contributed by atoms with Crippen molar-refractivity contribution in [2.45, 2.75) is 273 Å². The van der Waals surface area contributed by atoms with Gasteiger partial charge in [0.1, 0.15) is 0 Å². The molecule has 5 heteroatoms. The van der Waals surface area contributed by atoms with Crippen LogP contribution in [0, 0.1) is 0 Å². The van der Waals surface area contributed by atoms with Crippen LogP contribution in [0.5, 0.6) is 0 Å². The average Bonchev–Trinajstić information content (AvgIpc) is 3.21. The molecule has 0 N–H and O–H groups in total. The van der Waals surface area contributed by atoms with Gasteiger partial charge in [-0.25, -0.2) is 4.79 Å². The van der Waals surface area contributed by atoms with Crippen LogP contribution in [0.15, 0.2) is 0 Å². The van der Waals surface area contributed by atoms with Gasteiger partial charge in [-0.15, -0.1) is 0 Å². The van der Waals surface area contributed by atoms with Gasteiger partial charge in [-0.2, -0.15) is 0 Å². The number of carbonyl (C=O) groups excluding carboxylic acids is 1. The van der Waals surface area contributed by atoms with Crippen LogP contribution in [0.3, 0.4) is 0 Å². The van der Waals surface area contributed by atoms with Gasteiger partial charge >= 0.3 is 6.16 Å². The first-order valence-electron chi connectivity index (χ1n) is 26.0. The van der Waals surface area contributed by atoms with Gasteiger partial charge in [0.25, 0.3) is 0 Å². The van der Waals surface area contributed by atoms with Crippen molar-refractivity contribution >= 4 is 20.7 Å². The molecule has 0 fully saturated rings. The Balaban J connectivity index is 5.90. The molecule has 56 heavy (non-hydrogen) atoms. The van der Waals surface area contributed by atoms with Crippen molar-refractivity contribution < 1.29 is 14.3 Å². The minimum atomic E-state index is -1.39. The summed E-state index contributed by atoms with van der Waals surface area (Å²) in [5.41, 5.74) is 0. The van der Waals surface area contributed by atoms with Gasteiger partial charge in [0.05, 0.1) is 51.5 Å². The molecular weight excluding hydrogens is 723 g/mol. The third-order valence-corrected chi connectivity index (χ3v) is 21.8. The van der Waals surface area contributed by atoms with Crippen molar-refractivity contribution in [3.8, 4) is 0 Å². The molecule has 0 aromatic rings. The molecule has 0 heterocycles. The van der Waals surface area contributed by atoms with Crippen LogP contribution in [0.4, 0.5) is 4.79 Å². The molecule has 3 nitrogen and oxygen atoms in total. The predicted octanol–water partition coefficient (Wildman–Crippen LogP) is 19.3. The van der Waals surface area contributed by atoms with Crippen molar-refractivity contribution in [3.63, 3.8) is 0 Å². The Bertz CT molecular complexity index is 646. The van der Waals surface area contributed by atoms with Crippen molar-refractivity contribution in [3.05, 3.63) is 0 Å². The minimum Gasteiger partial charge on any atom is -0.399 e. The molecule has 0 aromatic carbocycles.